The minimum absolute atomic E-state index is 0.259. The summed E-state index contributed by atoms with van der Waals surface area (Å²) < 4.78 is 6.14. The molecular weight excluding hydrogens is 210 g/mol. The highest BCUT2D eigenvalue weighted by atomic mass is 16.5. The van der Waals surface area contributed by atoms with Crippen molar-refractivity contribution in [3.8, 4) is 0 Å². The molecule has 100 valence electrons. The lowest BCUT2D eigenvalue weighted by molar-refractivity contribution is -0.0881. The van der Waals surface area contributed by atoms with E-state index in [-0.39, 0.29) is 5.54 Å². The van der Waals surface area contributed by atoms with Crippen LogP contribution in [0.5, 0.6) is 0 Å². The molecule has 2 aliphatic rings. The summed E-state index contributed by atoms with van der Waals surface area (Å²) in [5.41, 5.74) is 0.259. The monoisotopic (exact) mass is 239 g/mol. The molecule has 3 unspecified atom stereocenters. The van der Waals surface area contributed by atoms with E-state index in [0.29, 0.717) is 12.1 Å². The van der Waals surface area contributed by atoms with Crippen LogP contribution in [0.15, 0.2) is 0 Å². The summed E-state index contributed by atoms with van der Waals surface area (Å²) >= 11 is 0. The number of rotatable bonds is 4. The zero-order valence-electron chi connectivity index (χ0n) is 11.8. The summed E-state index contributed by atoms with van der Waals surface area (Å²) in [6.07, 6.45) is 9.57. The van der Waals surface area contributed by atoms with Crippen molar-refractivity contribution < 1.29 is 4.74 Å². The third kappa shape index (κ3) is 2.85. The second-order valence-electron chi connectivity index (χ2n) is 6.06. The first kappa shape index (κ1) is 13.4. The lowest BCUT2D eigenvalue weighted by Crippen LogP contribution is -2.63. The van der Waals surface area contributed by atoms with Gasteiger partial charge in [-0.25, -0.2) is 0 Å². The van der Waals surface area contributed by atoms with E-state index in [1.165, 1.54) is 44.9 Å². The highest BCUT2D eigenvalue weighted by Crippen LogP contribution is 2.35. The fraction of sp³-hybridized carbons (Fsp3) is 1.00. The topological polar surface area (TPSA) is 21.3 Å². The van der Waals surface area contributed by atoms with Crippen LogP contribution in [-0.4, -0.2) is 24.3 Å². The van der Waals surface area contributed by atoms with Crippen LogP contribution in [0.25, 0.3) is 0 Å². The van der Waals surface area contributed by atoms with E-state index in [1.54, 1.807) is 0 Å². The highest BCUT2D eigenvalue weighted by Gasteiger charge is 2.41. The van der Waals surface area contributed by atoms with Crippen molar-refractivity contribution >= 4 is 0 Å². The number of fused-ring (bicyclic) bond motifs is 1. The fourth-order valence-corrected chi connectivity index (χ4v) is 3.61. The van der Waals surface area contributed by atoms with Gasteiger partial charge in [0.15, 0.2) is 0 Å². The SMILES string of the molecule is CCCC1CCC2OCC(CC)(CC)NC2C1. The van der Waals surface area contributed by atoms with Gasteiger partial charge in [0.2, 0.25) is 0 Å². The molecule has 2 fully saturated rings. The third-order valence-corrected chi connectivity index (χ3v) is 5.01. The van der Waals surface area contributed by atoms with E-state index >= 15 is 0 Å². The smallest absolute Gasteiger partial charge is 0.0729 e. The van der Waals surface area contributed by atoms with Crippen LogP contribution in [0.3, 0.4) is 0 Å². The molecule has 1 N–H and O–H groups in total. The predicted molar refractivity (Wildman–Crippen MR) is 72.2 cm³/mol. The Hall–Kier alpha value is -0.0800. The average molecular weight is 239 g/mol. The molecule has 0 aromatic carbocycles. The molecule has 2 rings (SSSR count). The molecule has 1 aliphatic heterocycles. The van der Waals surface area contributed by atoms with E-state index in [2.05, 4.69) is 26.1 Å². The quantitative estimate of drug-likeness (QED) is 0.810. The van der Waals surface area contributed by atoms with Gasteiger partial charge in [0.05, 0.1) is 12.7 Å². The summed E-state index contributed by atoms with van der Waals surface area (Å²) in [6.45, 7) is 7.79. The third-order valence-electron chi connectivity index (χ3n) is 5.01. The van der Waals surface area contributed by atoms with Crippen molar-refractivity contribution in [1.82, 2.24) is 5.32 Å². The van der Waals surface area contributed by atoms with Gasteiger partial charge < -0.3 is 10.1 Å². The van der Waals surface area contributed by atoms with Gasteiger partial charge in [-0.1, -0.05) is 33.6 Å². The van der Waals surface area contributed by atoms with Crippen LogP contribution < -0.4 is 5.32 Å². The van der Waals surface area contributed by atoms with Crippen molar-refractivity contribution in [2.75, 3.05) is 6.61 Å². The van der Waals surface area contributed by atoms with Gasteiger partial charge in [0.25, 0.3) is 0 Å². The van der Waals surface area contributed by atoms with Gasteiger partial charge in [-0.15, -0.1) is 0 Å². The largest absolute Gasteiger partial charge is 0.375 e. The summed E-state index contributed by atoms with van der Waals surface area (Å²) in [6, 6.07) is 0.619. The molecule has 0 aromatic heterocycles. The normalized spacial score (nSPS) is 36.5. The lowest BCUT2D eigenvalue weighted by atomic mass is 9.78. The summed E-state index contributed by atoms with van der Waals surface area (Å²) in [7, 11) is 0. The molecule has 17 heavy (non-hydrogen) atoms. The highest BCUT2D eigenvalue weighted by molar-refractivity contribution is 4.98. The van der Waals surface area contributed by atoms with Gasteiger partial charge in [0, 0.05) is 11.6 Å². The molecule has 0 amide bonds. The average Bonchev–Trinajstić information content (AvgIpc) is 2.38. The molecule has 1 aliphatic carbocycles. The molecule has 0 aromatic rings. The Bertz CT molecular complexity index is 237. The second kappa shape index (κ2) is 5.71. The number of nitrogens with one attached hydrogen (secondary N) is 1. The lowest BCUT2D eigenvalue weighted by Gasteiger charge is -2.48. The van der Waals surface area contributed by atoms with E-state index in [9.17, 15) is 0 Å². The van der Waals surface area contributed by atoms with Crippen LogP contribution in [-0.2, 0) is 4.74 Å². The molecule has 3 atom stereocenters. The van der Waals surface area contributed by atoms with Gasteiger partial charge in [-0.05, 0) is 38.0 Å². The second-order valence-corrected chi connectivity index (χ2v) is 6.06. The number of morpholine rings is 1. The van der Waals surface area contributed by atoms with Crippen molar-refractivity contribution in [2.24, 2.45) is 5.92 Å². The maximum absolute atomic E-state index is 6.14. The zero-order chi connectivity index (χ0) is 12.3. The molecule has 2 heteroatoms. The zero-order valence-corrected chi connectivity index (χ0v) is 11.8. The molecule has 1 saturated heterocycles. The Morgan fingerprint density at radius 2 is 1.94 bits per heavy atom. The van der Waals surface area contributed by atoms with Crippen molar-refractivity contribution in [2.45, 2.75) is 83.4 Å². The molecule has 0 radical (unpaired) electrons. The first-order valence-corrected chi connectivity index (χ1v) is 7.62. The van der Waals surface area contributed by atoms with Crippen molar-refractivity contribution in [1.29, 1.82) is 0 Å². The first-order chi connectivity index (χ1) is 8.23. The van der Waals surface area contributed by atoms with Gasteiger partial charge >= 0.3 is 0 Å². The minimum atomic E-state index is 0.259. The summed E-state index contributed by atoms with van der Waals surface area (Å²) in [5, 5.41) is 3.93. The summed E-state index contributed by atoms with van der Waals surface area (Å²) in [4.78, 5) is 0. The maximum atomic E-state index is 6.14. The molecule has 0 bridgehead atoms. The van der Waals surface area contributed by atoms with Crippen LogP contribution >= 0.6 is 0 Å². The predicted octanol–water partition coefficient (Wildman–Crippen LogP) is 3.50. The maximum Gasteiger partial charge on any atom is 0.0729 e. The van der Waals surface area contributed by atoms with Crippen LogP contribution in [0.4, 0.5) is 0 Å². The molecule has 2 nitrogen and oxygen atoms in total. The van der Waals surface area contributed by atoms with Gasteiger partial charge in [0.1, 0.15) is 0 Å². The standard InChI is InChI=1S/C15H29NO/c1-4-7-12-8-9-14-13(10-12)16-15(5-2,6-3)11-17-14/h12-14,16H,4-11H2,1-3H3. The Labute approximate surface area is 107 Å². The molecule has 1 heterocycles. The number of ether oxygens (including phenoxy) is 1. The molecular formula is C15H29NO. The minimum Gasteiger partial charge on any atom is -0.375 e. The van der Waals surface area contributed by atoms with Gasteiger partial charge in [-0.3, -0.25) is 0 Å². The van der Waals surface area contributed by atoms with Gasteiger partial charge in [-0.2, -0.15) is 0 Å². The van der Waals surface area contributed by atoms with Crippen LogP contribution in [0.1, 0.15) is 65.7 Å². The Morgan fingerprint density at radius 3 is 2.59 bits per heavy atom. The van der Waals surface area contributed by atoms with E-state index in [0.717, 1.165) is 12.5 Å². The Kier molecular flexibility index (Phi) is 4.48. The molecule has 0 spiro atoms. The first-order valence-electron chi connectivity index (χ1n) is 7.62. The van der Waals surface area contributed by atoms with E-state index in [1.807, 2.05) is 0 Å². The van der Waals surface area contributed by atoms with Crippen molar-refractivity contribution in [3.63, 3.8) is 0 Å². The molecule has 1 saturated carbocycles. The van der Waals surface area contributed by atoms with Crippen LogP contribution in [0.2, 0.25) is 0 Å². The number of hydrogen-bond donors (Lipinski definition) is 1. The Balaban J connectivity index is 1.96. The Morgan fingerprint density at radius 1 is 1.18 bits per heavy atom. The van der Waals surface area contributed by atoms with E-state index < -0.39 is 0 Å². The number of hydrogen-bond acceptors (Lipinski definition) is 2. The fourth-order valence-electron chi connectivity index (χ4n) is 3.61. The van der Waals surface area contributed by atoms with E-state index in [4.69, 9.17) is 4.74 Å². The van der Waals surface area contributed by atoms with Crippen molar-refractivity contribution in [3.05, 3.63) is 0 Å². The van der Waals surface area contributed by atoms with Crippen LogP contribution in [0, 0.1) is 5.92 Å². The summed E-state index contributed by atoms with van der Waals surface area (Å²) in [5.74, 6) is 0.932.